The highest BCUT2D eigenvalue weighted by molar-refractivity contribution is 6.00. The van der Waals surface area contributed by atoms with Crippen LogP contribution >= 0.6 is 0 Å². The molecule has 0 heterocycles. The smallest absolute Gasteiger partial charge is 0.338 e. The van der Waals surface area contributed by atoms with E-state index in [4.69, 9.17) is 18.9 Å². The molecule has 0 fully saturated rings. The first-order chi connectivity index (χ1) is 36.7. The lowest BCUT2D eigenvalue weighted by atomic mass is 10.0. The van der Waals surface area contributed by atoms with Gasteiger partial charge in [0.1, 0.15) is 12.2 Å². The van der Waals surface area contributed by atoms with Gasteiger partial charge in [-0.1, -0.05) is 120 Å². The fraction of sp³-hybridized carbons (Fsp3) is 0.525. The molecule has 4 aromatic carbocycles. The van der Waals surface area contributed by atoms with Crippen molar-refractivity contribution in [2.24, 2.45) is 32.3 Å². The Morgan fingerprint density at radius 3 is 1.12 bits per heavy atom. The highest BCUT2D eigenvalue weighted by atomic mass is 16.6. The monoisotopic (exact) mass is 1040 g/mol. The predicted octanol–water partition coefficient (Wildman–Crippen LogP) is 17.8. The van der Waals surface area contributed by atoms with Gasteiger partial charge in [-0.2, -0.15) is 20.5 Å². The maximum atomic E-state index is 13.4. The molecule has 412 valence electrons. The van der Waals surface area contributed by atoms with E-state index >= 15 is 0 Å². The lowest BCUT2D eigenvalue weighted by Gasteiger charge is -2.17. The molecular formula is C61H84N6O9. The van der Waals surface area contributed by atoms with Crippen LogP contribution in [-0.4, -0.2) is 55.3 Å². The molecule has 0 bridgehead atoms. The van der Waals surface area contributed by atoms with Gasteiger partial charge in [0, 0.05) is 11.4 Å². The highest BCUT2D eigenvalue weighted by Gasteiger charge is 2.22. The van der Waals surface area contributed by atoms with E-state index < -0.39 is 29.9 Å². The Hall–Kier alpha value is -6.77. The molecule has 0 aromatic heterocycles. The maximum absolute atomic E-state index is 13.4. The number of azo groups is 2. The first-order valence-electron chi connectivity index (χ1n) is 27.9. The summed E-state index contributed by atoms with van der Waals surface area (Å²) >= 11 is 0. The minimum atomic E-state index is -0.545. The Balaban J connectivity index is 1.48. The zero-order valence-electron chi connectivity index (χ0n) is 46.9. The van der Waals surface area contributed by atoms with Gasteiger partial charge in [-0.05, 0) is 148 Å². The molecule has 0 radical (unpaired) electrons. The van der Waals surface area contributed by atoms with Crippen LogP contribution < -0.4 is 10.6 Å². The van der Waals surface area contributed by atoms with Crippen LogP contribution in [0, 0.1) is 25.7 Å². The first kappa shape index (κ1) is 61.8. The van der Waals surface area contributed by atoms with E-state index in [9.17, 15) is 24.0 Å². The van der Waals surface area contributed by atoms with E-state index in [-0.39, 0.29) is 70.9 Å². The van der Waals surface area contributed by atoms with Crippen molar-refractivity contribution in [1.82, 2.24) is 0 Å². The average Bonchev–Trinajstić information content (AvgIpc) is 3.42. The standard InChI is InChI=1S/C61H84N6O9/c1-11-19-23-43(15-5)39-73-57(68)45-33-46(58(69)74-40-44(16-6)24-20-12-2)36-51(35-45)64-66-55-29-27-49(31-41(55)9)62-61(72)63-50-28-30-56(42(10)32-50)67-65-52-37-47(59(70)75-53(17-7)25-21-13-3)34-48(38-52)60(71)76-54(18-8)26-22-14-4/h27-38,43-44,53-54H,11-26,39-40H2,1-10H3,(H2,62,63,72). The van der Waals surface area contributed by atoms with Gasteiger partial charge in [0.2, 0.25) is 0 Å². The van der Waals surface area contributed by atoms with E-state index in [1.54, 1.807) is 60.7 Å². The number of urea groups is 1. The number of anilines is 2. The number of nitrogens with zero attached hydrogens (tertiary/aromatic N) is 4. The molecule has 0 aliphatic carbocycles. The maximum Gasteiger partial charge on any atom is 0.338 e. The Bertz CT molecular complexity index is 2480. The van der Waals surface area contributed by atoms with Crippen molar-refractivity contribution >= 4 is 64.0 Å². The molecule has 0 saturated heterocycles. The molecule has 2 amide bonds. The molecule has 0 aliphatic rings. The minimum Gasteiger partial charge on any atom is -0.462 e. The van der Waals surface area contributed by atoms with Crippen molar-refractivity contribution < 1.29 is 42.9 Å². The Kier molecular flexibility index (Phi) is 27.1. The summed E-state index contributed by atoms with van der Waals surface area (Å²) in [5.41, 5.74) is 4.74. The van der Waals surface area contributed by atoms with Crippen molar-refractivity contribution in [3.05, 3.63) is 106 Å². The Morgan fingerprint density at radius 1 is 0.434 bits per heavy atom. The summed E-state index contributed by atoms with van der Waals surface area (Å²) in [5, 5.41) is 23.5. The van der Waals surface area contributed by atoms with Crippen molar-refractivity contribution in [3.63, 3.8) is 0 Å². The van der Waals surface area contributed by atoms with Gasteiger partial charge in [0.05, 0.1) is 58.2 Å². The minimum absolute atomic E-state index is 0.183. The molecule has 0 saturated carbocycles. The van der Waals surface area contributed by atoms with Crippen LogP contribution in [0.3, 0.4) is 0 Å². The largest absolute Gasteiger partial charge is 0.462 e. The molecule has 0 aliphatic heterocycles. The molecule has 15 nitrogen and oxygen atoms in total. The van der Waals surface area contributed by atoms with E-state index in [1.165, 1.54) is 12.1 Å². The summed E-state index contributed by atoms with van der Waals surface area (Å²) in [5.74, 6) is -1.69. The summed E-state index contributed by atoms with van der Waals surface area (Å²) in [4.78, 5) is 67.0. The molecule has 4 unspecified atom stereocenters. The van der Waals surface area contributed by atoms with E-state index in [2.05, 4.69) is 72.6 Å². The number of amides is 2. The zero-order chi connectivity index (χ0) is 55.4. The van der Waals surface area contributed by atoms with Crippen molar-refractivity contribution in [3.8, 4) is 0 Å². The summed E-state index contributed by atoms with van der Waals surface area (Å²) in [6.45, 7) is 20.8. The van der Waals surface area contributed by atoms with Crippen LogP contribution in [0.5, 0.6) is 0 Å². The predicted molar refractivity (Wildman–Crippen MR) is 301 cm³/mol. The van der Waals surface area contributed by atoms with Gasteiger partial charge >= 0.3 is 29.9 Å². The summed E-state index contributed by atoms with van der Waals surface area (Å²) in [6, 6.07) is 19.1. The number of nitrogens with one attached hydrogen (secondary N) is 2. The van der Waals surface area contributed by atoms with Crippen molar-refractivity contribution in [1.29, 1.82) is 0 Å². The number of esters is 4. The summed E-state index contributed by atoms with van der Waals surface area (Å²) in [6.07, 6.45) is 14.1. The van der Waals surface area contributed by atoms with Gasteiger partial charge < -0.3 is 29.6 Å². The first-order valence-corrected chi connectivity index (χ1v) is 27.9. The second-order valence-electron chi connectivity index (χ2n) is 19.7. The Labute approximate surface area is 451 Å². The number of hydrogen-bond donors (Lipinski definition) is 2. The molecule has 4 aromatic rings. The Morgan fingerprint density at radius 2 is 0.789 bits per heavy atom. The number of ether oxygens (including phenoxy) is 4. The van der Waals surface area contributed by atoms with Crippen LogP contribution in [0.15, 0.2) is 93.3 Å². The van der Waals surface area contributed by atoms with Gasteiger partial charge in [-0.25, -0.2) is 24.0 Å². The quantitative estimate of drug-likeness (QED) is 0.0272. The second-order valence-corrected chi connectivity index (χ2v) is 19.7. The number of carbonyl (C=O) groups is 5. The number of hydrogen-bond acceptors (Lipinski definition) is 13. The fourth-order valence-electron chi connectivity index (χ4n) is 8.36. The molecule has 2 N–H and O–H groups in total. The molecular weight excluding hydrogens is 961 g/mol. The van der Waals surface area contributed by atoms with Gasteiger partial charge in [0.15, 0.2) is 0 Å². The van der Waals surface area contributed by atoms with Gasteiger partial charge in [0.25, 0.3) is 0 Å². The van der Waals surface area contributed by atoms with E-state index in [0.717, 1.165) is 89.9 Å². The molecule has 4 rings (SSSR count). The van der Waals surface area contributed by atoms with Gasteiger partial charge in [-0.3, -0.25) is 0 Å². The van der Waals surface area contributed by atoms with Crippen LogP contribution in [0.25, 0.3) is 0 Å². The third-order valence-electron chi connectivity index (χ3n) is 13.4. The summed E-state index contributed by atoms with van der Waals surface area (Å²) in [7, 11) is 0. The normalized spacial score (nSPS) is 13.0. The lowest BCUT2D eigenvalue weighted by molar-refractivity contribution is 0.0264. The topological polar surface area (TPSA) is 196 Å². The summed E-state index contributed by atoms with van der Waals surface area (Å²) < 4.78 is 23.2. The number of aryl methyl sites for hydroxylation is 2. The van der Waals surface area contributed by atoms with Crippen LogP contribution in [0.4, 0.5) is 38.9 Å². The highest BCUT2D eigenvalue weighted by Crippen LogP contribution is 2.30. The van der Waals surface area contributed by atoms with Crippen molar-refractivity contribution in [2.75, 3.05) is 23.8 Å². The van der Waals surface area contributed by atoms with E-state index in [0.29, 0.717) is 46.7 Å². The van der Waals surface area contributed by atoms with Crippen LogP contribution in [0.1, 0.15) is 211 Å². The van der Waals surface area contributed by atoms with Crippen LogP contribution in [-0.2, 0) is 18.9 Å². The number of carbonyl (C=O) groups excluding carboxylic acids is 5. The average molecular weight is 1050 g/mol. The molecule has 0 spiro atoms. The number of rotatable bonds is 32. The number of benzene rings is 4. The van der Waals surface area contributed by atoms with Gasteiger partial charge in [-0.15, -0.1) is 0 Å². The fourth-order valence-corrected chi connectivity index (χ4v) is 8.36. The van der Waals surface area contributed by atoms with E-state index in [1.807, 2.05) is 27.7 Å². The number of unbranched alkanes of at least 4 members (excludes halogenated alkanes) is 4. The molecule has 76 heavy (non-hydrogen) atoms. The molecule has 4 atom stereocenters. The van der Waals surface area contributed by atoms with Crippen molar-refractivity contribution in [2.45, 2.75) is 184 Å². The lowest BCUT2D eigenvalue weighted by Crippen LogP contribution is -2.19. The third-order valence-corrected chi connectivity index (χ3v) is 13.4. The SMILES string of the molecule is CCCCC(CC)COC(=O)c1cc(N=Nc2ccc(NC(=O)Nc3ccc(N=Nc4cc(C(=O)OC(CC)CCCC)cc(C(=O)OC(CC)CCCC)c4)c(C)c3)cc2C)cc(C(=O)OCC(CC)CCCC)c1. The zero-order valence-corrected chi connectivity index (χ0v) is 46.9. The molecule has 15 heteroatoms. The van der Waals surface area contributed by atoms with Crippen LogP contribution in [0.2, 0.25) is 0 Å². The second kappa shape index (κ2) is 33.3. The third kappa shape index (κ3) is 20.7.